The van der Waals surface area contributed by atoms with Gasteiger partial charge in [0.15, 0.2) is 0 Å². The molecule has 0 aliphatic heterocycles. The van der Waals surface area contributed by atoms with Crippen LogP contribution in [0.3, 0.4) is 0 Å². The van der Waals surface area contributed by atoms with E-state index >= 15 is 0 Å². The highest BCUT2D eigenvalue weighted by atomic mass is 16.5. The molecule has 0 aromatic heterocycles. The summed E-state index contributed by atoms with van der Waals surface area (Å²) < 4.78 is 5.15. The van der Waals surface area contributed by atoms with Gasteiger partial charge in [0.05, 0.1) is 6.61 Å². The fourth-order valence-electron chi connectivity index (χ4n) is 3.52. The smallest absolute Gasteiger partial charge is 0.0587 e. The molecule has 1 aromatic carbocycles. The molecule has 2 rings (SSSR count). The lowest BCUT2D eigenvalue weighted by molar-refractivity contribution is 0.192. The van der Waals surface area contributed by atoms with Crippen molar-refractivity contribution in [2.75, 3.05) is 26.8 Å². The fraction of sp³-hybridized carbons (Fsp3) is 0.684. The number of hydrogen-bond donors (Lipinski definition) is 1. The molecule has 0 radical (unpaired) electrons. The van der Waals surface area contributed by atoms with Gasteiger partial charge in [-0.15, -0.1) is 0 Å². The maximum atomic E-state index is 5.15. The number of methoxy groups -OCH3 is 1. The number of nitrogens with one attached hydrogen (secondary N) is 1. The van der Waals surface area contributed by atoms with Crippen LogP contribution < -0.4 is 5.32 Å². The van der Waals surface area contributed by atoms with Crippen LogP contribution >= 0.6 is 0 Å². The first-order valence-corrected chi connectivity index (χ1v) is 8.48. The normalized spacial score (nSPS) is 18.1. The van der Waals surface area contributed by atoms with Crippen LogP contribution in [0.15, 0.2) is 24.3 Å². The molecular formula is C19H31NO. The first-order valence-electron chi connectivity index (χ1n) is 8.48. The van der Waals surface area contributed by atoms with Crippen molar-refractivity contribution in [2.45, 2.75) is 57.3 Å². The lowest BCUT2D eigenvalue weighted by Gasteiger charge is -2.38. The second kappa shape index (κ2) is 7.95. The molecule has 2 nitrogen and oxygen atoms in total. The average molecular weight is 289 g/mol. The number of ether oxygens (including phenoxy) is 1. The second-order valence-corrected chi connectivity index (χ2v) is 6.79. The molecule has 0 heterocycles. The zero-order chi connectivity index (χ0) is 15.1. The Hall–Kier alpha value is -0.860. The molecule has 1 fully saturated rings. The highest BCUT2D eigenvalue weighted by Gasteiger charge is 2.33. The maximum Gasteiger partial charge on any atom is 0.0587 e. The van der Waals surface area contributed by atoms with Crippen molar-refractivity contribution in [1.29, 1.82) is 0 Å². The summed E-state index contributed by atoms with van der Waals surface area (Å²) in [5, 5.41) is 3.61. The van der Waals surface area contributed by atoms with E-state index in [0.29, 0.717) is 11.3 Å². The van der Waals surface area contributed by atoms with Crippen LogP contribution in [0.4, 0.5) is 0 Å². The monoisotopic (exact) mass is 289 g/mol. The average Bonchev–Trinajstić information content (AvgIpc) is 2.53. The van der Waals surface area contributed by atoms with Crippen LogP contribution in [0.2, 0.25) is 0 Å². The van der Waals surface area contributed by atoms with E-state index < -0.39 is 0 Å². The van der Waals surface area contributed by atoms with E-state index in [1.165, 1.54) is 43.2 Å². The van der Waals surface area contributed by atoms with Gasteiger partial charge in [-0.3, -0.25) is 0 Å². The zero-order valence-corrected chi connectivity index (χ0v) is 14.0. The summed E-state index contributed by atoms with van der Waals surface area (Å²) in [6.07, 6.45) is 6.74. The summed E-state index contributed by atoms with van der Waals surface area (Å²) in [4.78, 5) is 0. The largest absolute Gasteiger partial charge is 0.383 e. The Morgan fingerprint density at radius 3 is 2.33 bits per heavy atom. The molecule has 21 heavy (non-hydrogen) atoms. The van der Waals surface area contributed by atoms with E-state index in [4.69, 9.17) is 4.74 Å². The highest BCUT2D eigenvalue weighted by molar-refractivity contribution is 5.31. The molecular weight excluding hydrogens is 258 g/mol. The lowest BCUT2D eigenvalue weighted by atomic mass is 9.69. The first kappa shape index (κ1) is 16.5. The number of benzene rings is 1. The molecule has 0 unspecified atom stereocenters. The molecule has 0 saturated heterocycles. The Morgan fingerprint density at radius 1 is 1.10 bits per heavy atom. The Balaban J connectivity index is 2.10. The Labute approximate surface area is 130 Å². The summed E-state index contributed by atoms with van der Waals surface area (Å²) in [7, 11) is 1.77. The van der Waals surface area contributed by atoms with Gasteiger partial charge in [-0.05, 0) is 29.9 Å². The van der Waals surface area contributed by atoms with E-state index in [0.717, 1.165) is 19.7 Å². The van der Waals surface area contributed by atoms with Gasteiger partial charge in [0.25, 0.3) is 0 Å². The van der Waals surface area contributed by atoms with Gasteiger partial charge < -0.3 is 10.1 Å². The summed E-state index contributed by atoms with van der Waals surface area (Å²) >= 11 is 0. The summed E-state index contributed by atoms with van der Waals surface area (Å²) in [5.41, 5.74) is 3.30. The van der Waals surface area contributed by atoms with Gasteiger partial charge in [0, 0.05) is 25.6 Å². The molecule has 0 bridgehead atoms. The maximum absolute atomic E-state index is 5.15. The van der Waals surface area contributed by atoms with Gasteiger partial charge in [-0.25, -0.2) is 0 Å². The van der Waals surface area contributed by atoms with Crippen molar-refractivity contribution in [2.24, 2.45) is 0 Å². The van der Waals surface area contributed by atoms with Gasteiger partial charge in [0.2, 0.25) is 0 Å². The van der Waals surface area contributed by atoms with E-state index in [1.54, 1.807) is 7.11 Å². The third-order valence-corrected chi connectivity index (χ3v) is 4.95. The number of rotatable bonds is 7. The van der Waals surface area contributed by atoms with Crippen LogP contribution in [0, 0.1) is 0 Å². The second-order valence-electron chi connectivity index (χ2n) is 6.79. The van der Waals surface area contributed by atoms with Crippen LogP contribution in [-0.2, 0) is 10.2 Å². The molecule has 1 saturated carbocycles. The molecule has 0 amide bonds. The molecule has 1 N–H and O–H groups in total. The van der Waals surface area contributed by atoms with Gasteiger partial charge in [-0.1, -0.05) is 57.4 Å². The first-order chi connectivity index (χ1) is 10.2. The van der Waals surface area contributed by atoms with Crippen LogP contribution in [0.1, 0.15) is 63.0 Å². The van der Waals surface area contributed by atoms with E-state index in [2.05, 4.69) is 43.4 Å². The molecule has 0 spiro atoms. The molecule has 1 aromatic rings. The number of hydrogen-bond acceptors (Lipinski definition) is 2. The van der Waals surface area contributed by atoms with Crippen LogP contribution in [0.5, 0.6) is 0 Å². The fourth-order valence-corrected chi connectivity index (χ4v) is 3.52. The van der Waals surface area contributed by atoms with Crippen molar-refractivity contribution in [3.05, 3.63) is 35.4 Å². The van der Waals surface area contributed by atoms with E-state index in [9.17, 15) is 0 Å². The molecule has 1 aliphatic carbocycles. The van der Waals surface area contributed by atoms with Crippen molar-refractivity contribution < 1.29 is 4.74 Å². The predicted molar refractivity (Wildman–Crippen MR) is 90.0 cm³/mol. The van der Waals surface area contributed by atoms with Crippen molar-refractivity contribution >= 4 is 0 Å². The minimum atomic E-state index is 0.335. The Morgan fingerprint density at radius 2 is 1.76 bits per heavy atom. The zero-order valence-electron chi connectivity index (χ0n) is 14.0. The quantitative estimate of drug-likeness (QED) is 0.758. The highest BCUT2D eigenvalue weighted by Crippen LogP contribution is 2.39. The third kappa shape index (κ3) is 4.31. The molecule has 0 atom stereocenters. The van der Waals surface area contributed by atoms with Gasteiger partial charge >= 0.3 is 0 Å². The van der Waals surface area contributed by atoms with Gasteiger partial charge in [0.1, 0.15) is 0 Å². The van der Waals surface area contributed by atoms with Crippen LogP contribution in [-0.4, -0.2) is 26.8 Å². The summed E-state index contributed by atoms with van der Waals surface area (Å²) in [5.74, 6) is 0.612. The predicted octanol–water partition coefficient (Wildman–Crippen LogP) is 4.25. The van der Waals surface area contributed by atoms with Crippen molar-refractivity contribution in [3.63, 3.8) is 0 Å². The van der Waals surface area contributed by atoms with E-state index in [1.807, 2.05) is 0 Å². The Bertz CT molecular complexity index is 404. The van der Waals surface area contributed by atoms with Gasteiger partial charge in [-0.2, -0.15) is 0 Å². The van der Waals surface area contributed by atoms with Crippen molar-refractivity contribution in [3.8, 4) is 0 Å². The molecule has 2 heteroatoms. The Kier molecular flexibility index (Phi) is 6.25. The SMILES string of the molecule is COCCNCC1(c2ccc(C(C)C)cc2)CCCCC1. The van der Waals surface area contributed by atoms with E-state index in [-0.39, 0.29) is 0 Å². The summed E-state index contributed by atoms with van der Waals surface area (Å²) in [6.45, 7) is 7.34. The lowest BCUT2D eigenvalue weighted by Crippen LogP contribution is -2.41. The molecule has 1 aliphatic rings. The minimum absolute atomic E-state index is 0.335. The van der Waals surface area contributed by atoms with Crippen LogP contribution in [0.25, 0.3) is 0 Å². The van der Waals surface area contributed by atoms with Crippen molar-refractivity contribution in [1.82, 2.24) is 5.32 Å². The third-order valence-electron chi connectivity index (χ3n) is 4.95. The minimum Gasteiger partial charge on any atom is -0.383 e. The summed E-state index contributed by atoms with van der Waals surface area (Å²) in [6, 6.07) is 9.40. The standard InChI is InChI=1S/C19H31NO/c1-16(2)17-7-9-18(10-8-17)19(11-5-4-6-12-19)15-20-13-14-21-3/h7-10,16,20H,4-6,11-15H2,1-3H3. The molecule has 118 valence electrons. The topological polar surface area (TPSA) is 21.3 Å².